The van der Waals surface area contributed by atoms with Gasteiger partial charge in [0.2, 0.25) is 9.84 Å². The number of alkyl halides is 2. The third-order valence-corrected chi connectivity index (χ3v) is 6.27. The number of aryl methyl sites for hydroxylation is 1. The summed E-state index contributed by atoms with van der Waals surface area (Å²) in [6.45, 7) is 2.02. The number of para-hydroxylation sites is 1. The molecule has 4 nitrogen and oxygen atoms in total. The van der Waals surface area contributed by atoms with Crippen LogP contribution >= 0.6 is 11.8 Å². The highest BCUT2D eigenvalue weighted by molar-refractivity contribution is 7.98. The first-order valence-electron chi connectivity index (χ1n) is 7.73. The van der Waals surface area contributed by atoms with Crippen molar-refractivity contribution >= 4 is 21.6 Å². The summed E-state index contributed by atoms with van der Waals surface area (Å²) >= 11 is 1.48. The topological polar surface area (TPSA) is 52.0 Å². The Kier molecular flexibility index (Phi) is 5.43. The zero-order valence-corrected chi connectivity index (χ0v) is 15.5. The SMILES string of the molecule is Cc1ccccc1-n1ccnc1SCc1ccc(S(=O)(=O)C(F)F)cc1. The molecule has 1 aromatic heterocycles. The maximum absolute atomic E-state index is 12.6. The fraction of sp³-hybridized carbons (Fsp3) is 0.167. The Bertz CT molecular complexity index is 1000. The van der Waals surface area contributed by atoms with Gasteiger partial charge in [-0.05, 0) is 36.2 Å². The van der Waals surface area contributed by atoms with Crippen molar-refractivity contribution in [3.63, 3.8) is 0 Å². The monoisotopic (exact) mass is 394 g/mol. The Morgan fingerprint density at radius 3 is 2.46 bits per heavy atom. The molecule has 0 aliphatic heterocycles. The van der Waals surface area contributed by atoms with Crippen molar-refractivity contribution in [3.8, 4) is 5.69 Å². The Hall–Kier alpha value is -2.19. The van der Waals surface area contributed by atoms with Crippen LogP contribution in [0.5, 0.6) is 0 Å². The van der Waals surface area contributed by atoms with Gasteiger partial charge in [-0.3, -0.25) is 4.57 Å². The molecule has 0 bridgehead atoms. The number of hydrogen-bond donors (Lipinski definition) is 0. The van der Waals surface area contributed by atoms with E-state index < -0.39 is 15.6 Å². The van der Waals surface area contributed by atoms with Crippen LogP contribution in [0.2, 0.25) is 0 Å². The number of thioether (sulfide) groups is 1. The highest BCUT2D eigenvalue weighted by Crippen LogP contribution is 2.26. The third kappa shape index (κ3) is 3.81. The molecule has 0 unspecified atom stereocenters. The van der Waals surface area contributed by atoms with Gasteiger partial charge in [0, 0.05) is 18.1 Å². The van der Waals surface area contributed by atoms with Crippen LogP contribution in [0.4, 0.5) is 8.78 Å². The van der Waals surface area contributed by atoms with Gasteiger partial charge in [0.25, 0.3) is 0 Å². The number of nitrogens with zero attached hydrogens (tertiary/aromatic N) is 2. The smallest absolute Gasteiger partial charge is 0.295 e. The van der Waals surface area contributed by atoms with Crippen LogP contribution in [0.15, 0.2) is 71.0 Å². The van der Waals surface area contributed by atoms with Crippen molar-refractivity contribution < 1.29 is 17.2 Å². The van der Waals surface area contributed by atoms with Crippen LogP contribution in [0.3, 0.4) is 0 Å². The summed E-state index contributed by atoms with van der Waals surface area (Å²) in [6.07, 6.45) is 3.59. The number of benzene rings is 2. The van der Waals surface area contributed by atoms with Gasteiger partial charge in [-0.25, -0.2) is 13.4 Å². The summed E-state index contributed by atoms with van der Waals surface area (Å²) in [5.74, 6) is -2.87. The van der Waals surface area contributed by atoms with Crippen molar-refractivity contribution in [2.45, 2.75) is 28.5 Å². The second kappa shape index (κ2) is 7.59. The summed E-state index contributed by atoms with van der Waals surface area (Å²) in [5.41, 5.74) is 2.97. The first kappa shape index (κ1) is 18.6. The van der Waals surface area contributed by atoms with E-state index >= 15 is 0 Å². The molecule has 0 spiro atoms. The highest BCUT2D eigenvalue weighted by Gasteiger charge is 2.26. The van der Waals surface area contributed by atoms with Gasteiger partial charge in [0.15, 0.2) is 5.16 Å². The second-order valence-corrected chi connectivity index (χ2v) is 8.46. The molecule has 26 heavy (non-hydrogen) atoms. The van der Waals surface area contributed by atoms with Crippen LogP contribution in [0, 0.1) is 6.92 Å². The van der Waals surface area contributed by atoms with Gasteiger partial charge in [-0.1, -0.05) is 42.1 Å². The lowest BCUT2D eigenvalue weighted by atomic mass is 10.2. The van der Waals surface area contributed by atoms with E-state index in [0.717, 1.165) is 22.0 Å². The zero-order valence-electron chi connectivity index (χ0n) is 13.8. The van der Waals surface area contributed by atoms with Crippen molar-refractivity contribution in [2.75, 3.05) is 0 Å². The van der Waals surface area contributed by atoms with Gasteiger partial charge in [-0.15, -0.1) is 0 Å². The average Bonchev–Trinajstić information content (AvgIpc) is 3.09. The Morgan fingerprint density at radius 1 is 1.12 bits per heavy atom. The molecule has 0 radical (unpaired) electrons. The molecule has 0 saturated heterocycles. The molecular weight excluding hydrogens is 378 g/mol. The number of hydrogen-bond acceptors (Lipinski definition) is 4. The number of imidazole rings is 1. The molecule has 3 rings (SSSR count). The van der Waals surface area contributed by atoms with E-state index in [2.05, 4.69) is 4.98 Å². The quantitative estimate of drug-likeness (QED) is 0.579. The van der Waals surface area contributed by atoms with E-state index in [1.54, 1.807) is 18.3 Å². The molecule has 136 valence electrons. The second-order valence-electron chi connectivity index (χ2n) is 5.60. The predicted octanol–water partition coefficient (Wildman–Crippen LogP) is 4.47. The van der Waals surface area contributed by atoms with E-state index in [1.165, 1.54) is 23.9 Å². The molecule has 8 heteroatoms. The van der Waals surface area contributed by atoms with Gasteiger partial charge in [-0.2, -0.15) is 8.78 Å². The number of sulfone groups is 1. The largest absolute Gasteiger partial charge is 0.341 e. The Morgan fingerprint density at radius 2 is 1.81 bits per heavy atom. The molecule has 0 aliphatic carbocycles. The predicted molar refractivity (Wildman–Crippen MR) is 97.5 cm³/mol. The number of aromatic nitrogens is 2. The van der Waals surface area contributed by atoms with E-state index in [9.17, 15) is 17.2 Å². The first-order chi connectivity index (χ1) is 12.4. The maximum Gasteiger partial charge on any atom is 0.341 e. The van der Waals surface area contributed by atoms with Crippen LogP contribution < -0.4 is 0 Å². The summed E-state index contributed by atoms with van der Waals surface area (Å²) in [5, 5.41) is 0.795. The van der Waals surface area contributed by atoms with Gasteiger partial charge >= 0.3 is 5.76 Å². The normalized spacial score (nSPS) is 11.8. The minimum Gasteiger partial charge on any atom is -0.295 e. The standard InChI is InChI=1S/C18H16F2N2O2S2/c1-13-4-2-3-5-16(13)22-11-10-21-18(22)25-12-14-6-8-15(9-7-14)26(23,24)17(19)20/h2-11,17H,12H2,1H3. The molecule has 2 aromatic carbocycles. The van der Waals surface area contributed by atoms with Crippen molar-refractivity contribution in [1.82, 2.24) is 9.55 Å². The summed E-state index contributed by atoms with van der Waals surface area (Å²) in [4.78, 5) is 3.99. The van der Waals surface area contributed by atoms with Gasteiger partial charge < -0.3 is 0 Å². The van der Waals surface area contributed by atoms with E-state index in [-0.39, 0.29) is 4.90 Å². The molecule has 0 saturated carbocycles. The van der Waals surface area contributed by atoms with E-state index in [0.29, 0.717) is 5.75 Å². The van der Waals surface area contributed by atoms with Crippen LogP contribution in [0.25, 0.3) is 5.69 Å². The molecular formula is C18H16F2N2O2S2. The highest BCUT2D eigenvalue weighted by atomic mass is 32.2. The lowest BCUT2D eigenvalue weighted by Crippen LogP contribution is -2.11. The minimum atomic E-state index is -4.56. The summed E-state index contributed by atoms with van der Waals surface area (Å²) < 4.78 is 50.0. The molecule has 1 heterocycles. The van der Waals surface area contributed by atoms with Crippen LogP contribution in [0.1, 0.15) is 11.1 Å². The molecule has 3 aromatic rings. The molecule has 0 atom stereocenters. The zero-order chi connectivity index (χ0) is 18.7. The molecule has 0 aliphatic rings. The molecule has 0 amide bonds. The molecule has 0 fully saturated rings. The lowest BCUT2D eigenvalue weighted by Gasteiger charge is -2.10. The van der Waals surface area contributed by atoms with E-state index in [4.69, 9.17) is 0 Å². The fourth-order valence-electron chi connectivity index (χ4n) is 2.44. The summed E-state index contributed by atoms with van der Waals surface area (Å²) in [7, 11) is -4.56. The Labute approximate surface area is 154 Å². The average molecular weight is 394 g/mol. The van der Waals surface area contributed by atoms with E-state index in [1.807, 2.05) is 42.0 Å². The number of rotatable bonds is 6. The van der Waals surface area contributed by atoms with Gasteiger partial charge in [0.1, 0.15) is 0 Å². The van der Waals surface area contributed by atoms with Crippen LogP contribution in [-0.4, -0.2) is 23.7 Å². The van der Waals surface area contributed by atoms with Crippen molar-refractivity contribution in [3.05, 3.63) is 72.1 Å². The Balaban J connectivity index is 1.75. The lowest BCUT2D eigenvalue weighted by molar-refractivity contribution is 0.234. The van der Waals surface area contributed by atoms with Gasteiger partial charge in [0.05, 0.1) is 10.6 Å². The number of halogens is 2. The fourth-order valence-corrected chi connectivity index (χ4v) is 4.08. The summed E-state index contributed by atoms with van der Waals surface area (Å²) in [6, 6.07) is 13.5. The van der Waals surface area contributed by atoms with Crippen LogP contribution in [-0.2, 0) is 15.6 Å². The van der Waals surface area contributed by atoms with Crippen molar-refractivity contribution in [1.29, 1.82) is 0 Å². The molecule has 0 N–H and O–H groups in total. The first-order valence-corrected chi connectivity index (χ1v) is 10.3. The maximum atomic E-state index is 12.6. The minimum absolute atomic E-state index is 0.373. The van der Waals surface area contributed by atoms with Crippen molar-refractivity contribution in [2.24, 2.45) is 0 Å². The third-order valence-electron chi connectivity index (χ3n) is 3.84.